The highest BCUT2D eigenvalue weighted by Gasteiger charge is 2.51. The molecule has 200 valence electrons. The summed E-state index contributed by atoms with van der Waals surface area (Å²) in [5.74, 6) is 0. The fourth-order valence-corrected chi connectivity index (χ4v) is 26.6. The average molecular weight is 573 g/mol. The highest BCUT2D eigenvalue weighted by atomic mass is 28.5. The van der Waals surface area contributed by atoms with Crippen LogP contribution in [0.1, 0.15) is 12.8 Å². The maximum absolute atomic E-state index is 6.68. The predicted octanol–water partition coefficient (Wildman–Crippen LogP) is 4.49. The van der Waals surface area contributed by atoms with Gasteiger partial charge in [-0.25, -0.2) is 0 Å². The summed E-state index contributed by atoms with van der Waals surface area (Å²) < 4.78 is 36.1. The summed E-state index contributed by atoms with van der Waals surface area (Å²) in [5, 5.41) is 0. The molecule has 0 N–H and O–H groups in total. The van der Waals surface area contributed by atoms with Gasteiger partial charge in [-0.3, -0.25) is 0 Å². The van der Waals surface area contributed by atoms with Gasteiger partial charge in [0.2, 0.25) is 0 Å². The molecule has 0 aliphatic carbocycles. The van der Waals surface area contributed by atoms with Crippen LogP contribution >= 0.6 is 0 Å². The Morgan fingerprint density at radius 3 is 1.00 bits per heavy atom. The van der Waals surface area contributed by atoms with Crippen LogP contribution in [0, 0.1) is 0 Å². The lowest BCUT2D eigenvalue weighted by molar-refractivity contribution is 0.0856. The zero-order valence-corrected chi connectivity index (χ0v) is 30.6. The first-order valence-corrected chi connectivity index (χ1v) is 28.9. The monoisotopic (exact) mass is 572 g/mol. The summed E-state index contributed by atoms with van der Waals surface area (Å²) in [6, 6.07) is 1.56. The first-order valence-electron chi connectivity index (χ1n) is 12.5. The first-order chi connectivity index (χ1) is 15.0. The second-order valence-corrected chi connectivity index (χ2v) is 34.1. The van der Waals surface area contributed by atoms with Gasteiger partial charge in [0.25, 0.3) is 0 Å². The molecule has 0 unspecified atom stereocenters. The molecule has 33 heavy (non-hydrogen) atoms. The van der Waals surface area contributed by atoms with Gasteiger partial charge < -0.3 is 30.3 Å². The van der Waals surface area contributed by atoms with Crippen molar-refractivity contribution in [2.75, 3.05) is 41.5 Å². The standard InChI is InChI=1S/C20H56N2O5Si6/c1-23-32(24-2,19-15-17-21(28(5)6)30(9,10)11)27-33(25-3,26-4)20-16-18-22(29(7)8)31(12,13)14/h28-29H,15-20H2,1-14H3. The van der Waals surface area contributed by atoms with E-state index in [9.17, 15) is 0 Å². The van der Waals surface area contributed by atoms with E-state index in [1.807, 2.05) is 0 Å². The van der Waals surface area contributed by atoms with Crippen molar-refractivity contribution in [3.05, 3.63) is 0 Å². The Hall–Kier alpha value is 1.02. The Bertz CT molecular complexity index is 492. The Morgan fingerprint density at radius 1 is 0.545 bits per heavy atom. The van der Waals surface area contributed by atoms with E-state index < -0.39 is 52.0 Å². The van der Waals surface area contributed by atoms with Gasteiger partial charge in [-0.15, -0.1) is 0 Å². The molecular formula is C20H56N2O5Si6. The van der Waals surface area contributed by atoms with Crippen molar-refractivity contribution in [2.45, 2.75) is 90.4 Å². The van der Waals surface area contributed by atoms with Crippen molar-refractivity contribution in [1.82, 2.24) is 8.46 Å². The van der Waals surface area contributed by atoms with E-state index in [1.165, 1.54) is 0 Å². The third-order valence-corrected chi connectivity index (χ3v) is 27.8. The summed E-state index contributed by atoms with van der Waals surface area (Å²) in [6.07, 6.45) is 2.01. The lowest BCUT2D eigenvalue weighted by Crippen LogP contribution is -2.58. The second-order valence-electron chi connectivity index (χ2n) is 11.4. The van der Waals surface area contributed by atoms with E-state index in [-0.39, 0.29) is 0 Å². The molecule has 0 atom stereocenters. The van der Waals surface area contributed by atoms with Gasteiger partial charge in [0, 0.05) is 40.5 Å². The van der Waals surface area contributed by atoms with Gasteiger partial charge in [0.1, 0.15) is 16.5 Å². The summed E-state index contributed by atoms with van der Waals surface area (Å²) in [7, 11) is -3.34. The molecular weight excluding hydrogens is 517 g/mol. The molecule has 0 saturated carbocycles. The quantitative estimate of drug-likeness (QED) is 0.224. The van der Waals surface area contributed by atoms with Gasteiger partial charge in [-0.2, -0.15) is 0 Å². The molecule has 0 spiro atoms. The average Bonchev–Trinajstić information content (AvgIpc) is 2.69. The summed E-state index contributed by atoms with van der Waals surface area (Å²) in [4.78, 5) is 0. The minimum Gasteiger partial charge on any atom is -0.377 e. The number of hydrogen-bond acceptors (Lipinski definition) is 7. The zero-order chi connectivity index (χ0) is 26.1. The lowest BCUT2D eigenvalue weighted by Gasteiger charge is -2.40. The van der Waals surface area contributed by atoms with Crippen LogP contribution in [-0.4, -0.2) is 102 Å². The summed E-state index contributed by atoms with van der Waals surface area (Å²) >= 11 is 0. The van der Waals surface area contributed by atoms with Crippen LogP contribution < -0.4 is 0 Å². The Kier molecular flexibility index (Phi) is 15.1. The largest absolute Gasteiger partial charge is 0.493 e. The molecule has 0 saturated heterocycles. The van der Waals surface area contributed by atoms with Crippen molar-refractivity contribution in [2.24, 2.45) is 0 Å². The maximum atomic E-state index is 6.68. The van der Waals surface area contributed by atoms with E-state index in [0.29, 0.717) is 0 Å². The van der Waals surface area contributed by atoms with Crippen molar-refractivity contribution < 1.29 is 21.8 Å². The highest BCUT2D eigenvalue weighted by molar-refractivity contribution is 6.83. The smallest absolute Gasteiger partial charge is 0.377 e. The van der Waals surface area contributed by atoms with Crippen LogP contribution in [0.3, 0.4) is 0 Å². The fraction of sp³-hybridized carbons (Fsp3) is 1.00. The fourth-order valence-electron chi connectivity index (χ4n) is 4.75. The molecule has 0 aromatic heterocycles. The molecule has 0 aromatic carbocycles. The summed E-state index contributed by atoms with van der Waals surface area (Å²) in [5.41, 5.74) is 0. The molecule has 0 rings (SSSR count). The van der Waals surface area contributed by atoms with Gasteiger partial charge in [-0.05, 0) is 25.9 Å². The van der Waals surface area contributed by atoms with E-state index in [0.717, 1.165) is 38.0 Å². The lowest BCUT2D eigenvalue weighted by atomic mass is 10.5. The van der Waals surface area contributed by atoms with Crippen molar-refractivity contribution in [1.29, 1.82) is 0 Å². The van der Waals surface area contributed by atoms with E-state index >= 15 is 0 Å². The first kappa shape index (κ1) is 34.0. The van der Waals surface area contributed by atoms with E-state index in [1.54, 1.807) is 28.4 Å². The van der Waals surface area contributed by atoms with Gasteiger partial charge in [-0.1, -0.05) is 65.5 Å². The number of nitrogens with zero attached hydrogens (tertiary/aromatic N) is 2. The van der Waals surface area contributed by atoms with E-state index in [4.69, 9.17) is 21.8 Å². The Balaban J connectivity index is 5.36. The Labute approximate surface area is 213 Å². The van der Waals surface area contributed by atoms with Crippen LogP contribution in [-0.2, 0) is 21.8 Å². The molecule has 0 fully saturated rings. The molecule has 0 amide bonds. The third-order valence-electron chi connectivity index (χ3n) is 6.29. The third kappa shape index (κ3) is 11.3. The molecule has 0 heterocycles. The Morgan fingerprint density at radius 2 is 0.818 bits per heavy atom. The van der Waals surface area contributed by atoms with Crippen LogP contribution in [0.5, 0.6) is 0 Å². The van der Waals surface area contributed by atoms with E-state index in [2.05, 4.69) is 73.9 Å². The number of rotatable bonds is 18. The van der Waals surface area contributed by atoms with Crippen LogP contribution in [0.15, 0.2) is 0 Å². The molecule has 0 aliphatic rings. The molecule has 0 bridgehead atoms. The molecule has 7 nitrogen and oxygen atoms in total. The van der Waals surface area contributed by atoms with Crippen molar-refractivity contribution in [3.8, 4) is 0 Å². The van der Waals surface area contributed by atoms with Gasteiger partial charge >= 0.3 is 17.6 Å². The maximum Gasteiger partial charge on any atom is 0.493 e. The predicted molar refractivity (Wildman–Crippen MR) is 157 cm³/mol. The highest BCUT2D eigenvalue weighted by Crippen LogP contribution is 2.27. The van der Waals surface area contributed by atoms with Crippen LogP contribution in [0.25, 0.3) is 0 Å². The molecule has 0 radical (unpaired) electrons. The SMILES string of the molecule is CO[Si](CCCN([SiH](C)C)[Si](C)(C)C)(OC)O[Si](CCCN([SiH](C)C)[Si](C)(C)C)(OC)OC. The minimum absolute atomic E-state index is 0.781. The van der Waals surface area contributed by atoms with Gasteiger partial charge in [0.05, 0.1) is 17.9 Å². The molecule has 13 heteroatoms. The van der Waals surface area contributed by atoms with Crippen molar-refractivity contribution >= 4 is 52.0 Å². The zero-order valence-electron chi connectivity index (χ0n) is 24.3. The minimum atomic E-state index is -2.90. The summed E-state index contributed by atoms with van der Waals surface area (Å²) in [6.45, 7) is 26.5. The molecule has 0 aromatic rings. The van der Waals surface area contributed by atoms with Crippen LogP contribution in [0.2, 0.25) is 77.6 Å². The normalized spacial score (nSPS) is 14.4. The van der Waals surface area contributed by atoms with Crippen molar-refractivity contribution in [3.63, 3.8) is 0 Å². The van der Waals surface area contributed by atoms with Gasteiger partial charge in [0.15, 0.2) is 0 Å². The van der Waals surface area contributed by atoms with Crippen LogP contribution in [0.4, 0.5) is 0 Å². The number of hydrogen-bond donors (Lipinski definition) is 0. The topological polar surface area (TPSA) is 52.6 Å². The molecule has 0 aliphatic heterocycles. The second kappa shape index (κ2) is 14.7.